The summed E-state index contributed by atoms with van der Waals surface area (Å²) in [4.78, 5) is 4.83. The molecule has 5 aromatic carbocycles. The summed E-state index contributed by atoms with van der Waals surface area (Å²) in [7, 11) is 0. The molecular weight excluding hydrogens is 773 g/mol. The van der Waals surface area contributed by atoms with Gasteiger partial charge in [-0.2, -0.15) is 0 Å². The predicted octanol–water partition coefficient (Wildman–Crippen LogP) is 14.4. The van der Waals surface area contributed by atoms with Gasteiger partial charge >= 0.3 is 0 Å². The van der Waals surface area contributed by atoms with Gasteiger partial charge in [0.1, 0.15) is 29.0 Å². The highest BCUT2D eigenvalue weighted by molar-refractivity contribution is 6.13. The van der Waals surface area contributed by atoms with Gasteiger partial charge in [-0.25, -0.2) is 0 Å². The molecule has 304 valence electrons. The molecule has 0 spiro atoms. The normalized spacial score (nSPS) is 22.4. The number of anilines is 3. The maximum atomic E-state index is 7.12. The van der Waals surface area contributed by atoms with Gasteiger partial charge in [0, 0.05) is 57.2 Å². The van der Waals surface area contributed by atoms with E-state index in [2.05, 4.69) is 204 Å². The second kappa shape index (κ2) is 14.6. The van der Waals surface area contributed by atoms with Crippen LogP contribution in [0.1, 0.15) is 31.2 Å². The van der Waals surface area contributed by atoms with Crippen molar-refractivity contribution in [2.45, 2.75) is 37.8 Å². The standard InChI is InChI=1S/C58H44N2O3/c1-5-15-37(16-6-1)43-23-13-24-48-49-25-14-26-50(58(49)63-57(43)48)60(40-21-11-4-12-22-40)42-28-30-45-47-32-33-51-55-46(31-34-52(56(47)55)62-54(45)36-42)44-29-27-41(35-53(44)61-51)59(38-17-7-2-8-18-38)39-19-9-3-10-20-39/h1-2,4-9,11-17,19-35,38,54-56H,3,10,18,36H2. The van der Waals surface area contributed by atoms with Crippen LogP contribution in [-0.4, -0.2) is 12.1 Å². The number of hydrogen-bond donors (Lipinski definition) is 0. The molecule has 5 nitrogen and oxygen atoms in total. The van der Waals surface area contributed by atoms with Crippen molar-refractivity contribution < 1.29 is 13.9 Å². The predicted molar refractivity (Wildman–Crippen MR) is 255 cm³/mol. The summed E-state index contributed by atoms with van der Waals surface area (Å²) in [5.41, 5.74) is 14.6. The van der Waals surface area contributed by atoms with Gasteiger partial charge in [-0.15, -0.1) is 0 Å². The minimum Gasteiger partial charge on any atom is -0.489 e. The van der Waals surface area contributed by atoms with Crippen molar-refractivity contribution in [3.05, 3.63) is 234 Å². The van der Waals surface area contributed by atoms with Crippen LogP contribution >= 0.6 is 0 Å². The fourth-order valence-corrected chi connectivity index (χ4v) is 10.9. The molecule has 5 heteroatoms. The van der Waals surface area contributed by atoms with Crippen LogP contribution in [-0.2, 0) is 4.74 Å². The lowest BCUT2D eigenvalue weighted by atomic mass is 9.66. The van der Waals surface area contributed by atoms with E-state index >= 15 is 0 Å². The lowest BCUT2D eigenvalue weighted by Gasteiger charge is -2.47. The average molecular weight is 817 g/mol. The maximum absolute atomic E-state index is 7.12. The quantitative estimate of drug-likeness (QED) is 0.160. The van der Waals surface area contributed by atoms with Gasteiger partial charge in [0.05, 0.1) is 23.6 Å². The van der Waals surface area contributed by atoms with Gasteiger partial charge in [0.2, 0.25) is 0 Å². The minimum atomic E-state index is -0.147. The number of furan rings is 1. The van der Waals surface area contributed by atoms with Gasteiger partial charge in [-0.3, -0.25) is 0 Å². The highest BCUT2D eigenvalue weighted by Crippen LogP contribution is 2.57. The molecule has 5 aliphatic carbocycles. The molecule has 1 aromatic heterocycles. The minimum absolute atomic E-state index is 0.0503. The van der Waals surface area contributed by atoms with E-state index in [1.165, 1.54) is 22.4 Å². The summed E-state index contributed by atoms with van der Waals surface area (Å²) in [5.74, 6) is 3.00. The molecule has 0 saturated carbocycles. The van der Waals surface area contributed by atoms with E-state index in [4.69, 9.17) is 13.9 Å². The second-order valence-corrected chi connectivity index (χ2v) is 17.3. The molecule has 0 bridgehead atoms. The molecule has 4 atom stereocenters. The van der Waals surface area contributed by atoms with Crippen LogP contribution in [0, 0.1) is 11.8 Å². The summed E-state index contributed by atoms with van der Waals surface area (Å²) in [6.07, 6.45) is 33.1. The lowest BCUT2D eigenvalue weighted by molar-refractivity contribution is 0.0935. The maximum Gasteiger partial charge on any atom is 0.159 e. The molecule has 7 aliphatic rings. The molecule has 4 unspecified atom stereocenters. The van der Waals surface area contributed by atoms with Gasteiger partial charge < -0.3 is 23.7 Å². The van der Waals surface area contributed by atoms with Crippen molar-refractivity contribution in [2.24, 2.45) is 11.8 Å². The molecule has 63 heavy (non-hydrogen) atoms. The Kier molecular flexibility index (Phi) is 8.36. The zero-order valence-electron chi connectivity index (χ0n) is 34.7. The largest absolute Gasteiger partial charge is 0.489 e. The zero-order valence-corrected chi connectivity index (χ0v) is 34.7. The Labute approximate surface area is 367 Å². The van der Waals surface area contributed by atoms with Crippen LogP contribution in [0.25, 0.3) is 38.6 Å². The number of nitrogens with zero attached hydrogens (tertiary/aromatic N) is 2. The van der Waals surface area contributed by atoms with Crippen molar-refractivity contribution in [2.75, 3.05) is 9.80 Å². The Hall–Kier alpha value is -7.50. The molecule has 0 N–H and O–H groups in total. The summed E-state index contributed by atoms with van der Waals surface area (Å²) < 4.78 is 21.0. The van der Waals surface area contributed by atoms with E-state index in [0.717, 1.165) is 97.9 Å². The summed E-state index contributed by atoms with van der Waals surface area (Å²) in [6, 6.07) is 41.1. The van der Waals surface area contributed by atoms with E-state index in [-0.39, 0.29) is 24.0 Å². The van der Waals surface area contributed by atoms with Crippen molar-refractivity contribution in [1.29, 1.82) is 0 Å². The number of rotatable bonds is 7. The van der Waals surface area contributed by atoms with E-state index in [1.807, 2.05) is 0 Å². The first-order valence-corrected chi connectivity index (χ1v) is 22.3. The molecule has 3 heterocycles. The number of ether oxygens (including phenoxy) is 2. The van der Waals surface area contributed by atoms with Crippen LogP contribution in [0.15, 0.2) is 233 Å². The van der Waals surface area contributed by atoms with Crippen LogP contribution in [0.2, 0.25) is 0 Å². The molecule has 1 fully saturated rings. The third-order valence-corrected chi connectivity index (χ3v) is 13.7. The Morgan fingerprint density at radius 3 is 2.22 bits per heavy atom. The third-order valence-electron chi connectivity index (χ3n) is 13.7. The lowest BCUT2D eigenvalue weighted by Crippen LogP contribution is -2.40. The van der Waals surface area contributed by atoms with Gasteiger partial charge in [-0.1, -0.05) is 134 Å². The van der Waals surface area contributed by atoms with Crippen molar-refractivity contribution >= 4 is 44.6 Å². The summed E-state index contributed by atoms with van der Waals surface area (Å²) >= 11 is 0. The Morgan fingerprint density at radius 2 is 1.38 bits per heavy atom. The van der Waals surface area contributed by atoms with Gasteiger partial charge in [-0.05, 0) is 96.2 Å². The number of hydrogen-bond acceptors (Lipinski definition) is 5. The average Bonchev–Trinajstić information content (AvgIpc) is 3.74. The van der Waals surface area contributed by atoms with Crippen LogP contribution in [0.3, 0.4) is 0 Å². The smallest absolute Gasteiger partial charge is 0.159 e. The molecule has 2 aliphatic heterocycles. The summed E-state index contributed by atoms with van der Waals surface area (Å²) in [6.45, 7) is 0. The fraction of sp³-hybridized carbons (Fsp3) is 0.138. The van der Waals surface area contributed by atoms with Crippen LogP contribution in [0.5, 0.6) is 5.75 Å². The van der Waals surface area contributed by atoms with Gasteiger partial charge in [0.25, 0.3) is 0 Å². The van der Waals surface area contributed by atoms with Gasteiger partial charge in [0.15, 0.2) is 5.58 Å². The molecule has 6 aromatic rings. The van der Waals surface area contributed by atoms with Crippen molar-refractivity contribution in [1.82, 2.24) is 0 Å². The van der Waals surface area contributed by atoms with Crippen LogP contribution in [0.4, 0.5) is 17.1 Å². The van der Waals surface area contributed by atoms with Crippen LogP contribution < -0.4 is 14.5 Å². The zero-order chi connectivity index (χ0) is 41.4. The molecule has 1 saturated heterocycles. The highest BCUT2D eigenvalue weighted by Gasteiger charge is 2.49. The Bertz CT molecular complexity index is 3200. The summed E-state index contributed by atoms with van der Waals surface area (Å²) in [5, 5.41) is 2.20. The fourth-order valence-electron chi connectivity index (χ4n) is 10.9. The first-order chi connectivity index (χ1) is 31.2. The van der Waals surface area contributed by atoms with Crippen molar-refractivity contribution in [3.8, 4) is 16.9 Å². The number of para-hydroxylation sites is 3. The SMILES string of the molecule is C1=CCC(N(C2=CCCC=C2)c2ccc3c(c2)OC2=CC=C4C5=CC=C(N(c6ccccc6)c6cccc7c6oc6c(-c8ccccc8)cccc67)CC5OC5=CC=C3C2C54)C=C1. The van der Waals surface area contributed by atoms with E-state index < -0.39 is 0 Å². The molecular formula is C58H44N2O3. The first-order valence-electron chi connectivity index (χ1n) is 22.3. The molecule has 0 amide bonds. The number of allylic oxidation sites excluding steroid dienone is 13. The van der Waals surface area contributed by atoms with E-state index in [9.17, 15) is 0 Å². The first kappa shape index (κ1) is 36.2. The number of fused-ring (bicyclic) bond motifs is 7. The van der Waals surface area contributed by atoms with E-state index in [0.29, 0.717) is 6.42 Å². The van der Waals surface area contributed by atoms with E-state index in [1.54, 1.807) is 0 Å². The van der Waals surface area contributed by atoms with Crippen molar-refractivity contribution in [3.63, 3.8) is 0 Å². The Balaban J connectivity index is 0.873. The Morgan fingerprint density at radius 1 is 0.587 bits per heavy atom. The monoisotopic (exact) mass is 816 g/mol. The third kappa shape index (κ3) is 5.83. The second-order valence-electron chi connectivity index (χ2n) is 17.3. The number of benzene rings is 5. The topological polar surface area (TPSA) is 38.1 Å². The molecule has 13 rings (SSSR count). The highest BCUT2D eigenvalue weighted by atomic mass is 16.5. The molecule has 0 radical (unpaired) electrons.